The van der Waals surface area contributed by atoms with Crippen molar-refractivity contribution >= 4 is 17.5 Å². The Morgan fingerprint density at radius 1 is 1.18 bits per heavy atom. The van der Waals surface area contributed by atoms with E-state index in [0.717, 1.165) is 17.9 Å². The SMILES string of the molecule is NC(=O)CC1(c2ccc(Cl)cc2)CCCCC1. The molecular weight excluding hydrogens is 234 g/mol. The van der Waals surface area contributed by atoms with Crippen molar-refractivity contribution in [3.05, 3.63) is 34.9 Å². The maximum Gasteiger partial charge on any atom is 0.218 e. The van der Waals surface area contributed by atoms with E-state index in [1.807, 2.05) is 24.3 Å². The fraction of sp³-hybridized carbons (Fsp3) is 0.500. The van der Waals surface area contributed by atoms with Crippen molar-refractivity contribution in [1.29, 1.82) is 0 Å². The second-order valence-electron chi connectivity index (χ2n) is 4.99. The summed E-state index contributed by atoms with van der Waals surface area (Å²) in [5.74, 6) is -0.207. The standard InChI is InChI=1S/C14H18ClNO/c15-12-6-4-11(5-7-12)14(10-13(16)17)8-2-1-3-9-14/h4-7H,1-3,8-10H2,(H2,16,17). The van der Waals surface area contributed by atoms with Crippen molar-refractivity contribution in [2.24, 2.45) is 5.73 Å². The topological polar surface area (TPSA) is 43.1 Å². The van der Waals surface area contributed by atoms with Gasteiger partial charge in [0.25, 0.3) is 0 Å². The van der Waals surface area contributed by atoms with E-state index in [1.54, 1.807) is 0 Å². The van der Waals surface area contributed by atoms with Crippen molar-refractivity contribution in [3.8, 4) is 0 Å². The summed E-state index contributed by atoms with van der Waals surface area (Å²) in [4.78, 5) is 11.3. The number of benzene rings is 1. The van der Waals surface area contributed by atoms with Crippen molar-refractivity contribution in [1.82, 2.24) is 0 Å². The van der Waals surface area contributed by atoms with Gasteiger partial charge in [0.1, 0.15) is 0 Å². The summed E-state index contributed by atoms with van der Waals surface area (Å²) in [5.41, 5.74) is 6.57. The lowest BCUT2D eigenvalue weighted by molar-refractivity contribution is -0.119. The van der Waals surface area contributed by atoms with E-state index in [0.29, 0.717) is 6.42 Å². The molecule has 2 nitrogen and oxygen atoms in total. The Bertz CT molecular complexity index is 393. The number of primary amides is 1. The molecule has 0 radical (unpaired) electrons. The molecule has 92 valence electrons. The Hall–Kier alpha value is -1.02. The molecule has 0 atom stereocenters. The average Bonchev–Trinajstić information content (AvgIpc) is 2.30. The third kappa shape index (κ3) is 2.81. The summed E-state index contributed by atoms with van der Waals surface area (Å²) in [6.45, 7) is 0. The molecular formula is C14H18ClNO. The molecule has 0 saturated heterocycles. The first-order valence-corrected chi connectivity index (χ1v) is 6.55. The van der Waals surface area contributed by atoms with Crippen LogP contribution >= 0.6 is 11.6 Å². The predicted octanol–water partition coefficient (Wildman–Crippen LogP) is 3.42. The van der Waals surface area contributed by atoms with Gasteiger partial charge >= 0.3 is 0 Å². The molecule has 1 amide bonds. The van der Waals surface area contributed by atoms with E-state index in [4.69, 9.17) is 17.3 Å². The van der Waals surface area contributed by atoms with Crippen LogP contribution in [0, 0.1) is 0 Å². The van der Waals surface area contributed by atoms with Crippen LogP contribution in [0.3, 0.4) is 0 Å². The molecule has 0 aromatic heterocycles. The minimum atomic E-state index is -0.207. The molecule has 1 fully saturated rings. The largest absolute Gasteiger partial charge is 0.370 e. The van der Waals surface area contributed by atoms with E-state index in [1.165, 1.54) is 24.8 Å². The minimum absolute atomic E-state index is 0.0470. The highest BCUT2D eigenvalue weighted by molar-refractivity contribution is 6.30. The second-order valence-corrected chi connectivity index (χ2v) is 5.43. The van der Waals surface area contributed by atoms with Gasteiger partial charge in [0, 0.05) is 16.9 Å². The van der Waals surface area contributed by atoms with Gasteiger partial charge in [0.05, 0.1) is 0 Å². The van der Waals surface area contributed by atoms with Crippen LogP contribution in [0.25, 0.3) is 0 Å². The van der Waals surface area contributed by atoms with E-state index in [2.05, 4.69) is 0 Å². The van der Waals surface area contributed by atoms with E-state index in [9.17, 15) is 4.79 Å². The van der Waals surface area contributed by atoms with Crippen molar-refractivity contribution in [3.63, 3.8) is 0 Å². The van der Waals surface area contributed by atoms with Gasteiger partial charge in [0.15, 0.2) is 0 Å². The lowest BCUT2D eigenvalue weighted by Crippen LogP contribution is -2.34. The lowest BCUT2D eigenvalue weighted by Gasteiger charge is -2.37. The summed E-state index contributed by atoms with van der Waals surface area (Å²) in [6, 6.07) is 7.87. The molecule has 2 N–H and O–H groups in total. The smallest absolute Gasteiger partial charge is 0.218 e. The van der Waals surface area contributed by atoms with Gasteiger partial charge in [-0.1, -0.05) is 43.0 Å². The number of hydrogen-bond acceptors (Lipinski definition) is 1. The number of carbonyl (C=O) groups excluding carboxylic acids is 1. The third-order valence-electron chi connectivity index (χ3n) is 3.78. The highest BCUT2D eigenvalue weighted by atomic mass is 35.5. The molecule has 1 aromatic carbocycles. The van der Waals surface area contributed by atoms with Crippen molar-refractivity contribution in [2.75, 3.05) is 0 Å². The van der Waals surface area contributed by atoms with Crippen LogP contribution in [0.5, 0.6) is 0 Å². The maximum absolute atomic E-state index is 11.3. The van der Waals surface area contributed by atoms with Crippen LogP contribution in [-0.4, -0.2) is 5.91 Å². The average molecular weight is 252 g/mol. The number of nitrogens with two attached hydrogens (primary N) is 1. The Morgan fingerprint density at radius 3 is 2.29 bits per heavy atom. The Morgan fingerprint density at radius 2 is 1.76 bits per heavy atom. The summed E-state index contributed by atoms with van der Waals surface area (Å²) in [7, 11) is 0. The second kappa shape index (κ2) is 5.09. The fourth-order valence-corrected chi connectivity index (χ4v) is 3.06. The maximum atomic E-state index is 11.3. The first-order valence-electron chi connectivity index (χ1n) is 6.17. The molecule has 0 aliphatic heterocycles. The highest BCUT2D eigenvalue weighted by Crippen LogP contribution is 2.42. The van der Waals surface area contributed by atoms with E-state index < -0.39 is 0 Å². The number of carbonyl (C=O) groups is 1. The van der Waals surface area contributed by atoms with Crippen molar-refractivity contribution < 1.29 is 4.79 Å². The molecule has 1 aliphatic carbocycles. The van der Waals surface area contributed by atoms with Gasteiger partial charge in [-0.2, -0.15) is 0 Å². The van der Waals surface area contributed by atoms with Gasteiger partial charge < -0.3 is 5.73 Å². The molecule has 2 rings (SSSR count). The monoisotopic (exact) mass is 251 g/mol. The summed E-state index contributed by atoms with van der Waals surface area (Å²) in [5, 5.41) is 0.735. The number of halogens is 1. The molecule has 1 saturated carbocycles. The van der Waals surface area contributed by atoms with Crippen LogP contribution in [0.15, 0.2) is 24.3 Å². The van der Waals surface area contributed by atoms with Gasteiger partial charge in [-0.15, -0.1) is 0 Å². The van der Waals surface area contributed by atoms with Crippen LogP contribution in [-0.2, 0) is 10.2 Å². The lowest BCUT2D eigenvalue weighted by atomic mass is 9.67. The zero-order chi connectivity index (χ0) is 12.3. The van der Waals surface area contributed by atoms with Gasteiger partial charge in [-0.25, -0.2) is 0 Å². The molecule has 0 spiro atoms. The predicted molar refractivity (Wildman–Crippen MR) is 70.0 cm³/mol. The zero-order valence-corrected chi connectivity index (χ0v) is 10.7. The quantitative estimate of drug-likeness (QED) is 0.879. The van der Waals surface area contributed by atoms with E-state index in [-0.39, 0.29) is 11.3 Å². The molecule has 0 unspecified atom stereocenters. The summed E-state index contributed by atoms with van der Waals surface area (Å²) >= 11 is 5.91. The normalized spacial score (nSPS) is 18.9. The van der Waals surface area contributed by atoms with Gasteiger partial charge in [0.2, 0.25) is 5.91 Å². The molecule has 0 bridgehead atoms. The van der Waals surface area contributed by atoms with Gasteiger partial charge in [-0.3, -0.25) is 4.79 Å². The number of hydrogen-bond donors (Lipinski definition) is 1. The molecule has 0 heterocycles. The van der Waals surface area contributed by atoms with Gasteiger partial charge in [-0.05, 0) is 30.5 Å². The fourth-order valence-electron chi connectivity index (χ4n) is 2.93. The zero-order valence-electron chi connectivity index (χ0n) is 9.92. The van der Waals surface area contributed by atoms with Crippen LogP contribution in [0.4, 0.5) is 0 Å². The third-order valence-corrected chi connectivity index (χ3v) is 4.03. The molecule has 1 aromatic rings. The Balaban J connectivity index is 2.31. The van der Waals surface area contributed by atoms with Crippen LogP contribution in [0.2, 0.25) is 5.02 Å². The van der Waals surface area contributed by atoms with E-state index >= 15 is 0 Å². The Labute approximate surface area is 107 Å². The van der Waals surface area contributed by atoms with Crippen molar-refractivity contribution in [2.45, 2.75) is 43.9 Å². The number of amides is 1. The summed E-state index contributed by atoms with van der Waals surface area (Å²) < 4.78 is 0. The highest BCUT2D eigenvalue weighted by Gasteiger charge is 2.35. The Kier molecular flexibility index (Phi) is 3.72. The first-order chi connectivity index (χ1) is 8.12. The summed E-state index contributed by atoms with van der Waals surface area (Å²) in [6.07, 6.45) is 6.17. The van der Waals surface area contributed by atoms with Crippen LogP contribution < -0.4 is 5.73 Å². The molecule has 1 aliphatic rings. The number of rotatable bonds is 3. The first kappa shape index (κ1) is 12.4. The molecule has 17 heavy (non-hydrogen) atoms. The van der Waals surface area contributed by atoms with Crippen LogP contribution in [0.1, 0.15) is 44.1 Å². The molecule has 3 heteroatoms. The minimum Gasteiger partial charge on any atom is -0.370 e.